The van der Waals surface area contributed by atoms with Gasteiger partial charge in [0.25, 0.3) is 0 Å². The van der Waals surface area contributed by atoms with Crippen LogP contribution in [0.4, 0.5) is 5.69 Å². The fraction of sp³-hybridized carbons (Fsp3) is 0.387. The summed E-state index contributed by atoms with van der Waals surface area (Å²) in [6.45, 7) is 1.90. The second-order valence-electron chi connectivity index (χ2n) is 10.5. The summed E-state index contributed by atoms with van der Waals surface area (Å²) in [7, 11) is 0. The van der Waals surface area contributed by atoms with Crippen molar-refractivity contribution in [3.63, 3.8) is 0 Å². The molecule has 0 radical (unpaired) electrons. The van der Waals surface area contributed by atoms with Crippen LogP contribution in [0.5, 0.6) is 5.75 Å². The molecule has 34 heavy (non-hydrogen) atoms. The Labute approximate surface area is 202 Å². The molecule has 0 saturated carbocycles. The zero-order valence-electron chi connectivity index (χ0n) is 19.7. The van der Waals surface area contributed by atoms with Crippen LogP contribution in [0, 0.1) is 5.92 Å². The third-order valence-corrected chi connectivity index (χ3v) is 8.78. The van der Waals surface area contributed by atoms with E-state index in [2.05, 4.69) is 59.5 Å². The summed E-state index contributed by atoms with van der Waals surface area (Å²) in [5.74, 6) is 0.872. The number of phenolic OH excluding ortho intramolecular Hbond substituents is 1. The standard InChI is InChI=1S/C31H33NO2/c33-21-22-14-18-32(19-15-22)26-9-7-24(8-10-26)30-28-12-11-27(34)20-25(28)13-17-31(30)16-3-5-23-4-1-2-6-29(23)31/h1-2,4,6-12,20-22,30,34H,3,5,13-19H2/t30-,31-/m0/s1. The number of rotatable bonds is 3. The molecule has 0 bridgehead atoms. The Morgan fingerprint density at radius 2 is 1.68 bits per heavy atom. The molecule has 3 aliphatic rings. The van der Waals surface area contributed by atoms with E-state index in [-0.39, 0.29) is 17.3 Å². The van der Waals surface area contributed by atoms with Crippen molar-refractivity contribution in [2.45, 2.75) is 56.3 Å². The third-order valence-electron chi connectivity index (χ3n) is 8.78. The largest absolute Gasteiger partial charge is 0.508 e. The molecule has 0 aromatic heterocycles. The maximum atomic E-state index is 11.1. The number of piperidine rings is 1. The number of carbonyl (C=O) groups excluding carboxylic acids is 1. The number of aldehydes is 1. The normalized spacial score (nSPS) is 24.5. The molecule has 3 nitrogen and oxygen atoms in total. The van der Waals surface area contributed by atoms with Gasteiger partial charge in [0, 0.05) is 36.0 Å². The van der Waals surface area contributed by atoms with Gasteiger partial charge in [0.1, 0.15) is 12.0 Å². The van der Waals surface area contributed by atoms with Gasteiger partial charge in [0.2, 0.25) is 0 Å². The van der Waals surface area contributed by atoms with Crippen LogP contribution in [0.25, 0.3) is 0 Å². The molecule has 1 fully saturated rings. The van der Waals surface area contributed by atoms with Crippen molar-refractivity contribution in [1.82, 2.24) is 0 Å². The van der Waals surface area contributed by atoms with E-state index < -0.39 is 0 Å². The predicted molar refractivity (Wildman–Crippen MR) is 137 cm³/mol. The van der Waals surface area contributed by atoms with Gasteiger partial charge >= 0.3 is 0 Å². The first kappa shape index (κ1) is 21.5. The molecule has 3 aromatic carbocycles. The minimum absolute atomic E-state index is 0.0998. The number of anilines is 1. The first-order chi connectivity index (χ1) is 16.7. The third kappa shape index (κ3) is 3.53. The summed E-state index contributed by atoms with van der Waals surface area (Å²) < 4.78 is 0. The van der Waals surface area contributed by atoms with Gasteiger partial charge in [-0.1, -0.05) is 42.5 Å². The summed E-state index contributed by atoms with van der Waals surface area (Å²) in [5.41, 5.74) is 8.44. The van der Waals surface area contributed by atoms with E-state index in [1.807, 2.05) is 12.1 Å². The number of aryl methyl sites for hydroxylation is 2. The van der Waals surface area contributed by atoms with Gasteiger partial charge in [0.05, 0.1) is 0 Å². The number of benzene rings is 3. The van der Waals surface area contributed by atoms with E-state index in [0.717, 1.165) is 45.1 Å². The zero-order chi connectivity index (χ0) is 23.1. The number of hydrogen-bond donors (Lipinski definition) is 1. The quantitative estimate of drug-likeness (QED) is 0.485. The fourth-order valence-corrected chi connectivity index (χ4v) is 7.07. The molecule has 0 amide bonds. The van der Waals surface area contributed by atoms with Gasteiger partial charge < -0.3 is 14.8 Å². The van der Waals surface area contributed by atoms with Crippen LogP contribution in [0.1, 0.15) is 65.8 Å². The molecule has 1 heterocycles. The second kappa shape index (κ2) is 8.61. The molecule has 1 aliphatic heterocycles. The Bertz CT molecular complexity index is 1190. The molecule has 1 N–H and O–H groups in total. The number of hydrogen-bond acceptors (Lipinski definition) is 3. The highest BCUT2D eigenvalue weighted by Crippen LogP contribution is 2.56. The minimum Gasteiger partial charge on any atom is -0.508 e. The molecule has 2 aliphatic carbocycles. The lowest BCUT2D eigenvalue weighted by molar-refractivity contribution is -0.111. The lowest BCUT2D eigenvalue weighted by Crippen LogP contribution is -2.41. The van der Waals surface area contributed by atoms with E-state index in [9.17, 15) is 9.90 Å². The maximum absolute atomic E-state index is 11.1. The Hall–Kier alpha value is -3.07. The highest BCUT2D eigenvalue weighted by molar-refractivity contribution is 5.57. The molecular weight excluding hydrogens is 418 g/mol. The predicted octanol–water partition coefficient (Wildman–Crippen LogP) is 6.16. The molecule has 2 atom stereocenters. The maximum Gasteiger partial charge on any atom is 0.123 e. The van der Waals surface area contributed by atoms with Gasteiger partial charge in [-0.25, -0.2) is 0 Å². The molecule has 174 valence electrons. The number of nitrogens with zero attached hydrogens (tertiary/aromatic N) is 1. The SMILES string of the molecule is O=CC1CCN(c2ccc([C@H]3c4ccc(O)cc4CC[C@]34CCCc3ccccc34)cc2)CC1. The molecule has 1 spiro atoms. The highest BCUT2D eigenvalue weighted by Gasteiger charge is 2.47. The van der Waals surface area contributed by atoms with Crippen molar-refractivity contribution < 1.29 is 9.90 Å². The van der Waals surface area contributed by atoms with Crippen LogP contribution < -0.4 is 4.90 Å². The molecule has 6 rings (SSSR count). The number of aromatic hydroxyl groups is 1. The van der Waals surface area contributed by atoms with Crippen LogP contribution in [0.15, 0.2) is 66.7 Å². The minimum atomic E-state index is 0.0998. The van der Waals surface area contributed by atoms with E-state index in [0.29, 0.717) is 5.75 Å². The summed E-state index contributed by atoms with van der Waals surface area (Å²) in [5, 5.41) is 10.2. The van der Waals surface area contributed by atoms with Gasteiger partial charge in [0.15, 0.2) is 0 Å². The fourth-order valence-electron chi connectivity index (χ4n) is 7.07. The molecule has 3 aromatic rings. The van der Waals surface area contributed by atoms with Crippen LogP contribution in [0.3, 0.4) is 0 Å². The van der Waals surface area contributed by atoms with Crippen molar-refractivity contribution in [3.05, 3.63) is 94.5 Å². The van der Waals surface area contributed by atoms with Gasteiger partial charge in [-0.05, 0) is 97.0 Å². The van der Waals surface area contributed by atoms with E-state index in [1.54, 1.807) is 0 Å². The van der Waals surface area contributed by atoms with Gasteiger partial charge in [-0.3, -0.25) is 0 Å². The molecular formula is C31H33NO2. The first-order valence-corrected chi connectivity index (χ1v) is 12.9. The Morgan fingerprint density at radius 3 is 2.47 bits per heavy atom. The van der Waals surface area contributed by atoms with Crippen LogP contribution in [-0.4, -0.2) is 24.5 Å². The van der Waals surface area contributed by atoms with Crippen molar-refractivity contribution in [2.75, 3.05) is 18.0 Å². The number of fused-ring (bicyclic) bond motifs is 3. The lowest BCUT2D eigenvalue weighted by Gasteiger charge is -2.49. The van der Waals surface area contributed by atoms with Gasteiger partial charge in [-0.15, -0.1) is 0 Å². The Morgan fingerprint density at radius 1 is 0.882 bits per heavy atom. The topological polar surface area (TPSA) is 40.5 Å². The molecule has 1 saturated heterocycles. The monoisotopic (exact) mass is 451 g/mol. The van der Waals surface area contributed by atoms with Crippen molar-refractivity contribution in [1.29, 1.82) is 0 Å². The summed E-state index contributed by atoms with van der Waals surface area (Å²) >= 11 is 0. The zero-order valence-corrected chi connectivity index (χ0v) is 19.7. The Kier molecular flexibility index (Phi) is 5.44. The van der Waals surface area contributed by atoms with Crippen LogP contribution in [0.2, 0.25) is 0 Å². The first-order valence-electron chi connectivity index (χ1n) is 12.9. The summed E-state index contributed by atoms with van der Waals surface area (Å²) in [4.78, 5) is 13.6. The summed E-state index contributed by atoms with van der Waals surface area (Å²) in [6, 6.07) is 24.4. The van der Waals surface area contributed by atoms with Crippen LogP contribution >= 0.6 is 0 Å². The van der Waals surface area contributed by atoms with E-state index in [4.69, 9.17) is 0 Å². The van der Waals surface area contributed by atoms with Crippen LogP contribution in [-0.2, 0) is 23.1 Å². The van der Waals surface area contributed by atoms with Crippen molar-refractivity contribution in [2.24, 2.45) is 5.92 Å². The summed E-state index contributed by atoms with van der Waals surface area (Å²) in [6.07, 6.45) is 8.75. The smallest absolute Gasteiger partial charge is 0.123 e. The van der Waals surface area contributed by atoms with Crippen molar-refractivity contribution >= 4 is 12.0 Å². The highest BCUT2D eigenvalue weighted by atomic mass is 16.3. The molecule has 3 heteroatoms. The number of carbonyl (C=O) groups is 1. The number of phenols is 1. The second-order valence-corrected chi connectivity index (χ2v) is 10.5. The van der Waals surface area contributed by atoms with E-state index >= 15 is 0 Å². The molecule has 0 unspecified atom stereocenters. The average Bonchev–Trinajstić information content (AvgIpc) is 2.89. The lowest BCUT2D eigenvalue weighted by atomic mass is 9.54. The van der Waals surface area contributed by atoms with E-state index in [1.165, 1.54) is 52.8 Å². The van der Waals surface area contributed by atoms with Gasteiger partial charge in [-0.2, -0.15) is 0 Å². The average molecular weight is 452 g/mol. The Balaban J connectivity index is 1.42. The van der Waals surface area contributed by atoms with Crippen molar-refractivity contribution in [3.8, 4) is 5.75 Å².